The SMILES string of the molecule is CC(C)c1oncc1C(=O)c1ccc(S(C)(=O)=O)cc1C(F)(F)F. The number of carbonyl (C=O) groups excluding carboxylic acids is 1. The van der Waals surface area contributed by atoms with Gasteiger partial charge in [-0.25, -0.2) is 8.42 Å². The van der Waals surface area contributed by atoms with Crippen LogP contribution in [0.15, 0.2) is 33.8 Å². The predicted octanol–water partition coefficient (Wildman–Crippen LogP) is 3.45. The van der Waals surface area contributed by atoms with Crippen molar-refractivity contribution in [2.75, 3.05) is 6.26 Å². The normalized spacial score (nSPS) is 12.6. The fraction of sp³-hybridized carbons (Fsp3) is 0.333. The van der Waals surface area contributed by atoms with Crippen LogP contribution >= 0.6 is 0 Å². The van der Waals surface area contributed by atoms with Crippen LogP contribution in [0.25, 0.3) is 0 Å². The lowest BCUT2D eigenvalue weighted by Crippen LogP contribution is -2.16. The first-order chi connectivity index (χ1) is 10.9. The number of ketones is 1. The van der Waals surface area contributed by atoms with E-state index in [-0.39, 0.29) is 17.2 Å². The molecule has 0 bridgehead atoms. The monoisotopic (exact) mass is 361 g/mol. The van der Waals surface area contributed by atoms with Crippen LogP contribution in [-0.2, 0) is 16.0 Å². The number of nitrogens with zero attached hydrogens (tertiary/aromatic N) is 1. The Kier molecular flexibility index (Phi) is 4.58. The standard InChI is InChI=1S/C15H14F3NO4S/c1-8(2)14-11(7-19-23-14)13(20)10-5-4-9(24(3,21)22)6-12(10)15(16,17)18/h4-8H,1-3H3. The molecule has 0 fully saturated rings. The van der Waals surface area contributed by atoms with Gasteiger partial charge in [-0.05, 0) is 18.2 Å². The second kappa shape index (κ2) is 6.04. The lowest BCUT2D eigenvalue weighted by atomic mass is 9.96. The van der Waals surface area contributed by atoms with Crippen molar-refractivity contribution >= 4 is 15.6 Å². The van der Waals surface area contributed by atoms with Gasteiger partial charge < -0.3 is 4.52 Å². The first-order valence-electron chi connectivity index (χ1n) is 6.83. The van der Waals surface area contributed by atoms with E-state index in [0.717, 1.165) is 24.6 Å². The van der Waals surface area contributed by atoms with Gasteiger partial charge in [0.2, 0.25) is 0 Å². The third kappa shape index (κ3) is 3.50. The maximum absolute atomic E-state index is 13.3. The Morgan fingerprint density at radius 1 is 1.21 bits per heavy atom. The molecule has 0 saturated heterocycles. The van der Waals surface area contributed by atoms with Gasteiger partial charge in [0.05, 0.1) is 22.2 Å². The number of halogens is 3. The summed E-state index contributed by atoms with van der Waals surface area (Å²) in [4.78, 5) is 12.0. The van der Waals surface area contributed by atoms with E-state index in [0.29, 0.717) is 6.07 Å². The molecule has 1 heterocycles. The van der Waals surface area contributed by atoms with Crippen LogP contribution in [-0.4, -0.2) is 25.6 Å². The second-order valence-electron chi connectivity index (χ2n) is 5.56. The average Bonchev–Trinajstić information content (AvgIpc) is 2.93. The van der Waals surface area contributed by atoms with Gasteiger partial charge in [0.15, 0.2) is 15.6 Å². The molecule has 1 aromatic carbocycles. The highest BCUT2D eigenvalue weighted by Crippen LogP contribution is 2.35. The van der Waals surface area contributed by atoms with E-state index in [9.17, 15) is 26.4 Å². The van der Waals surface area contributed by atoms with Crippen molar-refractivity contribution in [1.29, 1.82) is 0 Å². The zero-order valence-electron chi connectivity index (χ0n) is 13.0. The molecule has 0 spiro atoms. The molecule has 0 radical (unpaired) electrons. The lowest BCUT2D eigenvalue weighted by Gasteiger charge is -2.13. The highest BCUT2D eigenvalue weighted by molar-refractivity contribution is 7.90. The van der Waals surface area contributed by atoms with Crippen molar-refractivity contribution in [3.8, 4) is 0 Å². The van der Waals surface area contributed by atoms with Crippen LogP contribution in [0.3, 0.4) is 0 Å². The number of hydrogen-bond donors (Lipinski definition) is 0. The molecule has 1 aromatic heterocycles. The Balaban J connectivity index is 2.66. The van der Waals surface area contributed by atoms with Crippen LogP contribution in [0.1, 0.15) is 47.0 Å². The van der Waals surface area contributed by atoms with E-state index in [4.69, 9.17) is 4.52 Å². The molecule has 5 nitrogen and oxygen atoms in total. The smallest absolute Gasteiger partial charge is 0.360 e. The molecule has 0 unspecified atom stereocenters. The van der Waals surface area contributed by atoms with Gasteiger partial charge in [0.25, 0.3) is 0 Å². The molecule has 0 aliphatic rings. The van der Waals surface area contributed by atoms with Crippen LogP contribution in [0.4, 0.5) is 13.2 Å². The van der Waals surface area contributed by atoms with Crippen molar-refractivity contribution in [2.24, 2.45) is 0 Å². The van der Waals surface area contributed by atoms with Crippen LogP contribution in [0.5, 0.6) is 0 Å². The summed E-state index contributed by atoms with van der Waals surface area (Å²) >= 11 is 0. The molecule has 2 aromatic rings. The van der Waals surface area contributed by atoms with Crippen molar-refractivity contribution < 1.29 is 30.9 Å². The maximum Gasteiger partial charge on any atom is 0.417 e. The van der Waals surface area contributed by atoms with E-state index >= 15 is 0 Å². The summed E-state index contributed by atoms with van der Waals surface area (Å²) in [6, 6.07) is 2.30. The summed E-state index contributed by atoms with van der Waals surface area (Å²) in [5.74, 6) is -1.01. The molecule has 0 N–H and O–H groups in total. The zero-order chi connectivity index (χ0) is 18.3. The van der Waals surface area contributed by atoms with Crippen LogP contribution < -0.4 is 0 Å². The van der Waals surface area contributed by atoms with Gasteiger partial charge in [-0.15, -0.1) is 0 Å². The molecule has 0 saturated carbocycles. The Bertz CT molecular complexity index is 882. The minimum atomic E-state index is -4.89. The average molecular weight is 361 g/mol. The van der Waals surface area contributed by atoms with Crippen molar-refractivity contribution in [1.82, 2.24) is 5.16 Å². The van der Waals surface area contributed by atoms with Gasteiger partial charge in [-0.2, -0.15) is 13.2 Å². The number of alkyl halides is 3. The summed E-state index contributed by atoms with van der Waals surface area (Å²) in [6.07, 6.45) is -3.04. The summed E-state index contributed by atoms with van der Waals surface area (Å²) < 4.78 is 67.8. The molecular formula is C15H14F3NO4S. The molecule has 130 valence electrons. The van der Waals surface area contributed by atoms with Crippen molar-refractivity contribution in [3.63, 3.8) is 0 Å². The van der Waals surface area contributed by atoms with Crippen molar-refractivity contribution in [2.45, 2.75) is 30.8 Å². The fourth-order valence-corrected chi connectivity index (χ4v) is 2.81. The number of benzene rings is 1. The minimum absolute atomic E-state index is 0.0809. The van der Waals surface area contributed by atoms with Gasteiger partial charge >= 0.3 is 6.18 Å². The Hall–Kier alpha value is -2.16. The number of aromatic nitrogens is 1. The van der Waals surface area contributed by atoms with E-state index in [1.807, 2.05) is 0 Å². The summed E-state index contributed by atoms with van der Waals surface area (Å²) in [5, 5.41) is 3.47. The molecule has 9 heteroatoms. The number of carbonyl (C=O) groups is 1. The zero-order valence-corrected chi connectivity index (χ0v) is 13.8. The third-order valence-corrected chi connectivity index (χ3v) is 4.45. The highest BCUT2D eigenvalue weighted by atomic mass is 32.2. The molecule has 0 amide bonds. The molecule has 0 aliphatic heterocycles. The van der Waals surface area contributed by atoms with E-state index in [2.05, 4.69) is 5.16 Å². The molecule has 2 rings (SSSR count). The molecule has 0 aliphatic carbocycles. The number of hydrogen-bond acceptors (Lipinski definition) is 5. The molecule has 24 heavy (non-hydrogen) atoms. The Labute approximate surface area is 136 Å². The van der Waals surface area contributed by atoms with E-state index < -0.39 is 37.8 Å². The van der Waals surface area contributed by atoms with Gasteiger partial charge in [-0.3, -0.25) is 4.79 Å². The predicted molar refractivity (Wildman–Crippen MR) is 78.6 cm³/mol. The Morgan fingerprint density at radius 3 is 2.33 bits per heavy atom. The van der Waals surface area contributed by atoms with Crippen molar-refractivity contribution in [3.05, 3.63) is 46.8 Å². The van der Waals surface area contributed by atoms with Gasteiger partial charge in [0, 0.05) is 17.7 Å². The van der Waals surface area contributed by atoms with Crippen LogP contribution in [0, 0.1) is 0 Å². The Morgan fingerprint density at radius 2 is 1.83 bits per heavy atom. The summed E-state index contributed by atoms with van der Waals surface area (Å²) in [7, 11) is -3.85. The summed E-state index contributed by atoms with van der Waals surface area (Å²) in [5.41, 5.74) is -2.05. The van der Waals surface area contributed by atoms with Gasteiger partial charge in [0.1, 0.15) is 5.76 Å². The molecule has 0 atom stereocenters. The highest BCUT2D eigenvalue weighted by Gasteiger charge is 2.37. The lowest BCUT2D eigenvalue weighted by molar-refractivity contribution is -0.138. The van der Waals surface area contributed by atoms with Crippen LogP contribution in [0.2, 0.25) is 0 Å². The maximum atomic E-state index is 13.3. The topological polar surface area (TPSA) is 77.2 Å². The van der Waals surface area contributed by atoms with E-state index in [1.54, 1.807) is 13.8 Å². The second-order valence-corrected chi connectivity index (χ2v) is 7.58. The van der Waals surface area contributed by atoms with E-state index in [1.165, 1.54) is 0 Å². The summed E-state index contributed by atoms with van der Waals surface area (Å²) in [6.45, 7) is 3.41. The fourth-order valence-electron chi connectivity index (χ4n) is 2.17. The minimum Gasteiger partial charge on any atom is -0.360 e. The molecular weight excluding hydrogens is 347 g/mol. The number of rotatable bonds is 4. The number of sulfone groups is 1. The van der Waals surface area contributed by atoms with Gasteiger partial charge in [-0.1, -0.05) is 19.0 Å². The largest absolute Gasteiger partial charge is 0.417 e. The first kappa shape index (κ1) is 18.2. The first-order valence-corrected chi connectivity index (χ1v) is 8.72. The quantitative estimate of drug-likeness (QED) is 0.780. The third-order valence-electron chi connectivity index (χ3n) is 3.34.